The van der Waals surface area contributed by atoms with E-state index in [0.717, 1.165) is 12.8 Å². The number of halogens is 1. The summed E-state index contributed by atoms with van der Waals surface area (Å²) in [5.74, 6) is 1.35. The van der Waals surface area contributed by atoms with Crippen LogP contribution in [0.2, 0.25) is 0 Å². The van der Waals surface area contributed by atoms with Crippen LogP contribution in [0.3, 0.4) is 0 Å². The van der Waals surface area contributed by atoms with Gasteiger partial charge in [-0.25, -0.2) is 13.6 Å². The topological polar surface area (TPSA) is 69.4 Å². The zero-order valence-corrected chi connectivity index (χ0v) is 13.2. The molecule has 1 fully saturated rings. The molecular formula is C13H18BrNO3S. The van der Waals surface area contributed by atoms with E-state index in [1.807, 2.05) is 0 Å². The highest BCUT2D eigenvalue weighted by molar-refractivity contribution is 9.10. The fourth-order valence-electron chi connectivity index (χ4n) is 2.42. The van der Waals surface area contributed by atoms with Crippen molar-refractivity contribution in [3.05, 3.63) is 22.7 Å². The van der Waals surface area contributed by atoms with Crippen molar-refractivity contribution in [3.8, 4) is 5.75 Å². The van der Waals surface area contributed by atoms with Crippen molar-refractivity contribution in [1.82, 2.24) is 0 Å². The molecule has 0 amide bonds. The van der Waals surface area contributed by atoms with Crippen molar-refractivity contribution in [3.63, 3.8) is 0 Å². The second-order valence-electron chi connectivity index (χ2n) is 5.15. The molecule has 2 unspecified atom stereocenters. The molecule has 0 saturated heterocycles. The maximum absolute atomic E-state index is 11.2. The summed E-state index contributed by atoms with van der Waals surface area (Å²) in [4.78, 5) is 0.0868. The van der Waals surface area contributed by atoms with Crippen LogP contribution >= 0.6 is 15.9 Å². The number of rotatable bonds is 3. The number of benzene rings is 1. The fraction of sp³-hybridized carbons (Fsp3) is 0.538. The van der Waals surface area contributed by atoms with E-state index in [1.165, 1.54) is 25.0 Å². The largest absolute Gasteiger partial charge is 0.489 e. The molecule has 0 radical (unpaired) electrons. The van der Waals surface area contributed by atoms with Gasteiger partial charge >= 0.3 is 0 Å². The number of hydrogen-bond donors (Lipinski definition) is 1. The third-order valence-corrected chi connectivity index (χ3v) is 4.94. The first kappa shape index (κ1) is 14.8. The number of hydrogen-bond acceptors (Lipinski definition) is 3. The molecule has 1 aromatic rings. The lowest BCUT2D eigenvalue weighted by atomic mass is 9.89. The van der Waals surface area contributed by atoms with Gasteiger partial charge in [0.05, 0.1) is 15.5 Å². The SMILES string of the molecule is CC1CCCC(Oc2ccc(S(N)(=O)=O)cc2Br)C1. The van der Waals surface area contributed by atoms with E-state index in [4.69, 9.17) is 9.88 Å². The molecule has 19 heavy (non-hydrogen) atoms. The Balaban J connectivity index is 2.13. The van der Waals surface area contributed by atoms with Crippen LogP contribution in [0, 0.1) is 5.92 Å². The molecule has 1 aromatic carbocycles. The summed E-state index contributed by atoms with van der Waals surface area (Å²) in [5, 5.41) is 5.09. The van der Waals surface area contributed by atoms with Gasteiger partial charge in [0.25, 0.3) is 0 Å². The van der Waals surface area contributed by atoms with Gasteiger partial charge in [0.15, 0.2) is 0 Å². The van der Waals surface area contributed by atoms with Gasteiger partial charge < -0.3 is 4.74 Å². The monoisotopic (exact) mass is 347 g/mol. The minimum Gasteiger partial charge on any atom is -0.489 e. The van der Waals surface area contributed by atoms with Crippen LogP contribution in [0.5, 0.6) is 5.75 Å². The molecule has 1 saturated carbocycles. The number of primary sulfonamides is 1. The van der Waals surface area contributed by atoms with Crippen LogP contribution in [0.1, 0.15) is 32.6 Å². The summed E-state index contributed by atoms with van der Waals surface area (Å²) in [6.45, 7) is 2.23. The highest BCUT2D eigenvalue weighted by atomic mass is 79.9. The summed E-state index contributed by atoms with van der Waals surface area (Å²) in [6.07, 6.45) is 4.74. The molecule has 0 spiro atoms. The summed E-state index contributed by atoms with van der Waals surface area (Å²) in [5.41, 5.74) is 0. The maximum Gasteiger partial charge on any atom is 0.238 e. The van der Waals surface area contributed by atoms with E-state index in [1.54, 1.807) is 6.07 Å². The van der Waals surface area contributed by atoms with Crippen LogP contribution in [0.15, 0.2) is 27.6 Å². The van der Waals surface area contributed by atoms with Gasteiger partial charge in [-0.3, -0.25) is 0 Å². The molecule has 0 bridgehead atoms. The third kappa shape index (κ3) is 3.94. The van der Waals surface area contributed by atoms with Crippen LogP contribution < -0.4 is 9.88 Å². The van der Waals surface area contributed by atoms with Crippen LogP contribution in [-0.4, -0.2) is 14.5 Å². The van der Waals surface area contributed by atoms with Gasteiger partial charge in [0.2, 0.25) is 10.0 Å². The van der Waals surface area contributed by atoms with E-state index in [2.05, 4.69) is 22.9 Å². The lowest BCUT2D eigenvalue weighted by Crippen LogP contribution is -2.24. The summed E-state index contributed by atoms with van der Waals surface area (Å²) in [7, 11) is -3.67. The lowest BCUT2D eigenvalue weighted by Gasteiger charge is -2.27. The molecular weight excluding hydrogens is 330 g/mol. The van der Waals surface area contributed by atoms with E-state index in [-0.39, 0.29) is 11.0 Å². The first-order chi connectivity index (χ1) is 8.86. The molecule has 0 heterocycles. The molecule has 1 aliphatic carbocycles. The second kappa shape index (κ2) is 5.81. The number of sulfonamides is 1. The average Bonchev–Trinajstić information content (AvgIpc) is 2.30. The maximum atomic E-state index is 11.2. The minimum absolute atomic E-state index is 0.0868. The Hall–Kier alpha value is -0.590. The van der Waals surface area contributed by atoms with E-state index >= 15 is 0 Å². The van der Waals surface area contributed by atoms with Gasteiger partial charge in [0, 0.05) is 0 Å². The Kier molecular flexibility index (Phi) is 4.53. The van der Waals surface area contributed by atoms with Crippen LogP contribution in [0.25, 0.3) is 0 Å². The van der Waals surface area contributed by atoms with Gasteiger partial charge in [-0.2, -0.15) is 0 Å². The lowest BCUT2D eigenvalue weighted by molar-refractivity contribution is 0.128. The minimum atomic E-state index is -3.67. The van der Waals surface area contributed by atoms with Crippen LogP contribution in [0.4, 0.5) is 0 Å². The van der Waals surface area contributed by atoms with Crippen molar-refractivity contribution >= 4 is 26.0 Å². The molecule has 2 rings (SSSR count). The van der Waals surface area contributed by atoms with E-state index in [9.17, 15) is 8.42 Å². The Labute approximate surface area is 122 Å². The molecule has 6 heteroatoms. The molecule has 1 aliphatic rings. The van der Waals surface area contributed by atoms with Gasteiger partial charge in [-0.15, -0.1) is 0 Å². The average molecular weight is 348 g/mol. The predicted octanol–water partition coefficient (Wildman–Crippen LogP) is 3.05. The first-order valence-corrected chi connectivity index (χ1v) is 8.69. The third-order valence-electron chi connectivity index (χ3n) is 3.41. The second-order valence-corrected chi connectivity index (χ2v) is 7.56. The molecule has 0 aromatic heterocycles. The zero-order chi connectivity index (χ0) is 14.0. The van der Waals surface area contributed by atoms with Crippen molar-refractivity contribution in [2.24, 2.45) is 11.1 Å². The molecule has 2 atom stereocenters. The highest BCUT2D eigenvalue weighted by Crippen LogP contribution is 2.32. The Bertz CT molecular complexity index is 559. The van der Waals surface area contributed by atoms with Gasteiger partial charge in [-0.05, 0) is 59.3 Å². The molecule has 4 nitrogen and oxygen atoms in total. The number of nitrogens with two attached hydrogens (primary N) is 1. The van der Waals surface area contributed by atoms with E-state index in [0.29, 0.717) is 16.1 Å². The quantitative estimate of drug-likeness (QED) is 0.913. The molecule has 0 aliphatic heterocycles. The summed E-state index contributed by atoms with van der Waals surface area (Å²) < 4.78 is 29.1. The number of ether oxygens (including phenoxy) is 1. The molecule has 2 N–H and O–H groups in total. The smallest absolute Gasteiger partial charge is 0.238 e. The molecule has 106 valence electrons. The van der Waals surface area contributed by atoms with Gasteiger partial charge in [-0.1, -0.05) is 13.3 Å². The van der Waals surface area contributed by atoms with Crippen molar-refractivity contribution < 1.29 is 13.2 Å². The van der Waals surface area contributed by atoms with Crippen molar-refractivity contribution in [1.29, 1.82) is 0 Å². The van der Waals surface area contributed by atoms with Crippen molar-refractivity contribution in [2.45, 2.75) is 43.6 Å². The highest BCUT2D eigenvalue weighted by Gasteiger charge is 2.21. The normalized spacial score (nSPS) is 24.2. The Morgan fingerprint density at radius 2 is 2.11 bits per heavy atom. The first-order valence-electron chi connectivity index (χ1n) is 6.35. The Morgan fingerprint density at radius 3 is 2.68 bits per heavy atom. The summed E-state index contributed by atoms with van der Waals surface area (Å²) >= 11 is 3.34. The predicted molar refractivity (Wildman–Crippen MR) is 77.6 cm³/mol. The fourth-order valence-corrected chi connectivity index (χ4v) is 3.58. The Morgan fingerprint density at radius 1 is 1.37 bits per heavy atom. The zero-order valence-electron chi connectivity index (χ0n) is 10.8. The van der Waals surface area contributed by atoms with Crippen LogP contribution in [-0.2, 0) is 10.0 Å². The summed E-state index contributed by atoms with van der Waals surface area (Å²) in [6, 6.07) is 4.61. The van der Waals surface area contributed by atoms with E-state index < -0.39 is 10.0 Å². The van der Waals surface area contributed by atoms with Gasteiger partial charge in [0.1, 0.15) is 5.75 Å². The standard InChI is InChI=1S/C13H18BrNO3S/c1-9-3-2-4-10(7-9)18-13-6-5-11(8-12(13)14)19(15,16)17/h5-6,8-10H,2-4,7H2,1H3,(H2,15,16,17). The van der Waals surface area contributed by atoms with Crippen molar-refractivity contribution in [2.75, 3.05) is 0 Å².